The van der Waals surface area contributed by atoms with E-state index in [-0.39, 0.29) is 18.4 Å². The van der Waals surface area contributed by atoms with Gasteiger partial charge < -0.3 is 14.4 Å². The Balaban J connectivity index is 2.25. The predicted molar refractivity (Wildman–Crippen MR) is 93.2 cm³/mol. The average Bonchev–Trinajstić information content (AvgIpc) is 2.66. The summed E-state index contributed by atoms with van der Waals surface area (Å²) in [5, 5.41) is 0. The van der Waals surface area contributed by atoms with Gasteiger partial charge in [0.25, 0.3) is 5.91 Å². The molecule has 2 rings (SSSR count). The Morgan fingerprint density at radius 2 is 1.88 bits per heavy atom. The van der Waals surface area contributed by atoms with Crippen molar-refractivity contribution in [2.24, 2.45) is 5.92 Å². The van der Waals surface area contributed by atoms with Crippen molar-refractivity contribution in [3.63, 3.8) is 0 Å². The van der Waals surface area contributed by atoms with Crippen molar-refractivity contribution in [1.82, 2.24) is 9.88 Å². The van der Waals surface area contributed by atoms with Crippen molar-refractivity contribution < 1.29 is 19.1 Å². The Kier molecular flexibility index (Phi) is 6.51. The normalized spacial score (nSPS) is 11.5. The lowest BCUT2D eigenvalue weighted by Crippen LogP contribution is -2.36. The maximum atomic E-state index is 13.0. The van der Waals surface area contributed by atoms with E-state index in [1.807, 2.05) is 12.1 Å². The highest BCUT2D eigenvalue weighted by Crippen LogP contribution is 2.17. The fourth-order valence-corrected chi connectivity index (χ4v) is 2.47. The van der Waals surface area contributed by atoms with Gasteiger partial charge >= 0.3 is 5.97 Å². The van der Waals surface area contributed by atoms with Crippen molar-refractivity contribution >= 4 is 11.9 Å². The Labute approximate surface area is 147 Å². The number of ether oxygens (including phenoxy) is 2. The van der Waals surface area contributed by atoms with Crippen molar-refractivity contribution in [1.29, 1.82) is 0 Å². The van der Waals surface area contributed by atoms with Gasteiger partial charge in [0.15, 0.2) is 0 Å². The summed E-state index contributed by atoms with van der Waals surface area (Å²) in [5.41, 5.74) is 1.44. The third kappa shape index (κ3) is 5.04. The topological polar surface area (TPSA) is 68.7 Å². The van der Waals surface area contributed by atoms with Gasteiger partial charge in [-0.15, -0.1) is 0 Å². The zero-order chi connectivity index (χ0) is 18.2. The van der Waals surface area contributed by atoms with E-state index in [9.17, 15) is 9.59 Å². The minimum absolute atomic E-state index is 0.175. The van der Waals surface area contributed by atoms with Crippen molar-refractivity contribution in [2.45, 2.75) is 13.5 Å². The molecule has 0 aliphatic heterocycles. The molecule has 0 aliphatic rings. The van der Waals surface area contributed by atoms with E-state index in [0.29, 0.717) is 17.9 Å². The minimum Gasteiger partial charge on any atom is -0.497 e. The van der Waals surface area contributed by atoms with Crippen LogP contribution in [0.5, 0.6) is 5.75 Å². The summed E-state index contributed by atoms with van der Waals surface area (Å²) in [7, 11) is 2.90. The molecule has 1 aromatic heterocycles. The fourth-order valence-electron chi connectivity index (χ4n) is 2.47. The van der Waals surface area contributed by atoms with E-state index in [2.05, 4.69) is 4.98 Å². The van der Waals surface area contributed by atoms with Crippen LogP contribution >= 0.6 is 0 Å². The molecule has 1 atom stereocenters. The number of esters is 1. The first-order valence-electron chi connectivity index (χ1n) is 7.95. The lowest BCUT2D eigenvalue weighted by Gasteiger charge is -2.25. The number of nitrogens with zero attached hydrogens (tertiary/aromatic N) is 2. The minimum atomic E-state index is -0.429. The molecule has 0 saturated carbocycles. The Bertz CT molecular complexity index is 718. The van der Waals surface area contributed by atoms with Crippen LogP contribution in [0.3, 0.4) is 0 Å². The number of carbonyl (C=O) groups excluding carboxylic acids is 2. The summed E-state index contributed by atoms with van der Waals surface area (Å²) in [6, 6.07) is 10.6. The molecule has 1 unspecified atom stereocenters. The van der Waals surface area contributed by atoms with Crippen LogP contribution in [0, 0.1) is 5.92 Å². The zero-order valence-corrected chi connectivity index (χ0v) is 14.6. The SMILES string of the molecule is COC(=O)C(C)CN(Cc1ccncc1)C(=O)c1cccc(OC)c1. The molecule has 6 heteroatoms. The van der Waals surface area contributed by atoms with Gasteiger partial charge in [-0.1, -0.05) is 13.0 Å². The second-order valence-corrected chi connectivity index (χ2v) is 5.70. The number of methoxy groups -OCH3 is 2. The van der Waals surface area contributed by atoms with Crippen LogP contribution in [0.2, 0.25) is 0 Å². The lowest BCUT2D eigenvalue weighted by molar-refractivity contribution is -0.145. The molecule has 0 radical (unpaired) electrons. The van der Waals surface area contributed by atoms with Gasteiger partial charge in [-0.2, -0.15) is 0 Å². The first-order valence-corrected chi connectivity index (χ1v) is 7.95. The van der Waals surface area contributed by atoms with Crippen LogP contribution in [-0.2, 0) is 16.1 Å². The van der Waals surface area contributed by atoms with Gasteiger partial charge in [-0.25, -0.2) is 0 Å². The Hall–Kier alpha value is -2.89. The quantitative estimate of drug-likeness (QED) is 0.723. The first kappa shape index (κ1) is 18.4. The summed E-state index contributed by atoms with van der Waals surface area (Å²) in [6.07, 6.45) is 3.35. The molecule has 2 aromatic rings. The van der Waals surface area contributed by atoms with Crippen molar-refractivity contribution in [2.75, 3.05) is 20.8 Å². The second-order valence-electron chi connectivity index (χ2n) is 5.70. The third-order valence-electron chi connectivity index (χ3n) is 3.82. The van der Waals surface area contributed by atoms with Gasteiger partial charge in [0.1, 0.15) is 5.75 Å². The molecular formula is C19H22N2O4. The summed E-state index contributed by atoms with van der Waals surface area (Å²) < 4.78 is 9.96. The molecule has 1 aromatic carbocycles. The number of pyridine rings is 1. The molecule has 0 saturated heterocycles. The molecule has 25 heavy (non-hydrogen) atoms. The number of hydrogen-bond acceptors (Lipinski definition) is 5. The summed E-state index contributed by atoms with van der Waals surface area (Å²) in [4.78, 5) is 30.4. The summed E-state index contributed by atoms with van der Waals surface area (Å²) >= 11 is 0. The number of hydrogen-bond donors (Lipinski definition) is 0. The maximum Gasteiger partial charge on any atom is 0.310 e. The smallest absolute Gasteiger partial charge is 0.310 e. The molecule has 0 bridgehead atoms. The van der Waals surface area contributed by atoms with Crippen LogP contribution in [0.4, 0.5) is 0 Å². The molecule has 0 spiro atoms. The predicted octanol–water partition coefficient (Wildman–Crippen LogP) is 2.54. The van der Waals surface area contributed by atoms with Gasteiger partial charge in [0, 0.05) is 31.0 Å². The molecule has 6 nitrogen and oxygen atoms in total. The first-order chi connectivity index (χ1) is 12.0. The molecule has 1 heterocycles. The Morgan fingerprint density at radius 1 is 1.16 bits per heavy atom. The van der Waals surface area contributed by atoms with Gasteiger partial charge in [0.2, 0.25) is 0 Å². The second kappa shape index (κ2) is 8.82. The van der Waals surface area contributed by atoms with Crippen LogP contribution in [-0.4, -0.2) is 42.5 Å². The van der Waals surface area contributed by atoms with Gasteiger partial charge in [-0.05, 0) is 35.9 Å². The molecule has 0 N–H and O–H groups in total. The third-order valence-corrected chi connectivity index (χ3v) is 3.82. The number of carbonyl (C=O) groups is 2. The largest absolute Gasteiger partial charge is 0.497 e. The highest BCUT2D eigenvalue weighted by molar-refractivity contribution is 5.94. The molecule has 0 fully saturated rings. The number of rotatable bonds is 7. The highest BCUT2D eigenvalue weighted by atomic mass is 16.5. The van der Waals surface area contributed by atoms with Crippen LogP contribution < -0.4 is 4.74 Å². The monoisotopic (exact) mass is 342 g/mol. The van der Waals surface area contributed by atoms with Crippen molar-refractivity contribution in [3.05, 3.63) is 59.9 Å². The molecule has 1 amide bonds. The van der Waals surface area contributed by atoms with E-state index < -0.39 is 5.92 Å². The number of benzene rings is 1. The maximum absolute atomic E-state index is 13.0. The lowest BCUT2D eigenvalue weighted by atomic mass is 10.1. The van der Waals surface area contributed by atoms with Gasteiger partial charge in [0.05, 0.1) is 20.1 Å². The van der Waals surface area contributed by atoms with Crippen molar-refractivity contribution in [3.8, 4) is 5.75 Å². The van der Waals surface area contributed by atoms with Crippen LogP contribution in [0.15, 0.2) is 48.8 Å². The average molecular weight is 342 g/mol. The molecule has 0 aliphatic carbocycles. The van der Waals surface area contributed by atoms with E-state index in [0.717, 1.165) is 5.56 Å². The fraction of sp³-hybridized carbons (Fsp3) is 0.316. The standard InChI is InChI=1S/C19H22N2O4/c1-14(19(23)25-3)12-21(13-15-7-9-20-10-8-15)18(22)16-5-4-6-17(11-16)24-2/h4-11,14H,12-13H2,1-3H3. The van der Waals surface area contributed by atoms with E-state index in [4.69, 9.17) is 9.47 Å². The highest BCUT2D eigenvalue weighted by Gasteiger charge is 2.23. The summed E-state index contributed by atoms with van der Waals surface area (Å²) in [5.74, 6) is -0.346. The van der Waals surface area contributed by atoms with Crippen LogP contribution in [0.25, 0.3) is 0 Å². The zero-order valence-electron chi connectivity index (χ0n) is 14.6. The van der Waals surface area contributed by atoms with Crippen LogP contribution in [0.1, 0.15) is 22.8 Å². The van der Waals surface area contributed by atoms with Gasteiger partial charge in [-0.3, -0.25) is 14.6 Å². The number of aromatic nitrogens is 1. The molecule has 132 valence electrons. The number of amides is 1. The Morgan fingerprint density at radius 3 is 2.52 bits per heavy atom. The molecular weight excluding hydrogens is 320 g/mol. The van der Waals surface area contributed by atoms with E-state index >= 15 is 0 Å². The van der Waals surface area contributed by atoms with E-state index in [1.54, 1.807) is 55.6 Å². The van der Waals surface area contributed by atoms with E-state index in [1.165, 1.54) is 7.11 Å². The summed E-state index contributed by atoms with van der Waals surface area (Å²) in [6.45, 7) is 2.37.